The van der Waals surface area contributed by atoms with E-state index in [0.717, 1.165) is 16.8 Å². The monoisotopic (exact) mass is 328 g/mol. The first-order valence-electron chi connectivity index (χ1n) is 7.22. The lowest BCUT2D eigenvalue weighted by Crippen LogP contribution is -2.27. The third-order valence-corrected chi connectivity index (χ3v) is 5.22. The van der Waals surface area contributed by atoms with Crippen molar-refractivity contribution in [1.82, 2.24) is 0 Å². The Morgan fingerprint density at radius 3 is 2.65 bits per heavy atom. The summed E-state index contributed by atoms with van der Waals surface area (Å²) in [5.41, 5.74) is 3.93. The molecule has 0 bridgehead atoms. The lowest BCUT2D eigenvalue weighted by atomic mass is 10.1. The molecule has 1 amide bonds. The molecule has 5 nitrogen and oxygen atoms in total. The molecule has 1 aliphatic rings. The number of anilines is 1. The fourth-order valence-electron chi connectivity index (χ4n) is 2.62. The normalized spacial score (nSPS) is 17.6. The number of aryl methyl sites for hydroxylation is 2. The Morgan fingerprint density at radius 2 is 1.96 bits per heavy atom. The first-order chi connectivity index (χ1) is 11.0. The molecule has 2 aromatic carbocycles. The molecular formula is C17H16N2O3S. The van der Waals surface area contributed by atoms with Crippen molar-refractivity contribution < 1.29 is 9.72 Å². The number of thioether (sulfide) groups is 1. The van der Waals surface area contributed by atoms with Gasteiger partial charge in [0.1, 0.15) is 5.37 Å². The lowest BCUT2D eigenvalue weighted by molar-refractivity contribution is -0.384. The van der Waals surface area contributed by atoms with Gasteiger partial charge in [0.15, 0.2) is 0 Å². The minimum atomic E-state index is -0.411. The van der Waals surface area contributed by atoms with E-state index < -0.39 is 4.92 Å². The number of hydrogen-bond acceptors (Lipinski definition) is 4. The zero-order valence-electron chi connectivity index (χ0n) is 12.9. The minimum Gasteiger partial charge on any atom is -0.295 e. The van der Waals surface area contributed by atoms with E-state index in [2.05, 4.69) is 0 Å². The van der Waals surface area contributed by atoms with E-state index in [1.54, 1.807) is 17.0 Å². The Balaban J connectivity index is 2.01. The topological polar surface area (TPSA) is 63.5 Å². The van der Waals surface area contributed by atoms with Crippen LogP contribution in [0.25, 0.3) is 0 Å². The zero-order chi connectivity index (χ0) is 16.6. The summed E-state index contributed by atoms with van der Waals surface area (Å²) in [6.45, 7) is 4.03. The van der Waals surface area contributed by atoms with Crippen LogP contribution >= 0.6 is 11.8 Å². The van der Waals surface area contributed by atoms with Crippen molar-refractivity contribution in [3.8, 4) is 0 Å². The van der Waals surface area contributed by atoms with Crippen LogP contribution in [-0.4, -0.2) is 16.6 Å². The van der Waals surface area contributed by atoms with Gasteiger partial charge in [0.05, 0.1) is 10.7 Å². The maximum Gasteiger partial charge on any atom is 0.269 e. The second kappa shape index (κ2) is 6.04. The summed E-state index contributed by atoms with van der Waals surface area (Å²) < 4.78 is 0. The van der Waals surface area contributed by atoms with Gasteiger partial charge in [-0.05, 0) is 42.7 Å². The summed E-state index contributed by atoms with van der Waals surface area (Å²) in [6.07, 6.45) is 0. The molecule has 3 rings (SSSR count). The highest BCUT2D eigenvalue weighted by Crippen LogP contribution is 2.42. The fraction of sp³-hybridized carbons (Fsp3) is 0.235. The predicted molar refractivity (Wildman–Crippen MR) is 91.7 cm³/mol. The van der Waals surface area contributed by atoms with Gasteiger partial charge in [-0.1, -0.05) is 18.2 Å². The molecule has 0 aliphatic carbocycles. The first-order valence-corrected chi connectivity index (χ1v) is 8.27. The van der Waals surface area contributed by atoms with Crippen molar-refractivity contribution in [3.05, 3.63) is 69.3 Å². The van der Waals surface area contributed by atoms with Crippen LogP contribution in [0, 0.1) is 24.0 Å². The van der Waals surface area contributed by atoms with E-state index in [-0.39, 0.29) is 17.0 Å². The lowest BCUT2D eigenvalue weighted by Gasteiger charge is -2.25. The van der Waals surface area contributed by atoms with Crippen molar-refractivity contribution in [2.75, 3.05) is 10.7 Å². The molecule has 0 unspecified atom stereocenters. The Kier molecular flexibility index (Phi) is 4.09. The van der Waals surface area contributed by atoms with Crippen LogP contribution in [0.4, 0.5) is 11.4 Å². The van der Waals surface area contributed by atoms with Crippen LogP contribution in [0.2, 0.25) is 0 Å². The molecule has 0 spiro atoms. The molecule has 1 heterocycles. The van der Waals surface area contributed by atoms with E-state index in [0.29, 0.717) is 5.75 Å². The molecule has 118 valence electrons. The molecule has 0 saturated carbocycles. The highest BCUT2D eigenvalue weighted by molar-refractivity contribution is 8.00. The van der Waals surface area contributed by atoms with Crippen molar-refractivity contribution in [2.45, 2.75) is 19.2 Å². The van der Waals surface area contributed by atoms with Crippen molar-refractivity contribution in [2.24, 2.45) is 0 Å². The molecule has 1 saturated heterocycles. The zero-order valence-corrected chi connectivity index (χ0v) is 13.7. The number of hydrogen-bond donors (Lipinski definition) is 0. The summed E-state index contributed by atoms with van der Waals surface area (Å²) in [7, 11) is 0. The van der Waals surface area contributed by atoms with E-state index in [1.165, 1.54) is 23.4 Å². The van der Waals surface area contributed by atoms with Gasteiger partial charge in [-0.2, -0.15) is 0 Å². The number of non-ortho nitro benzene ring substituents is 1. The summed E-state index contributed by atoms with van der Waals surface area (Å²) in [5, 5.41) is 10.8. The number of nitro benzene ring substituents is 1. The van der Waals surface area contributed by atoms with Crippen LogP contribution < -0.4 is 4.90 Å². The number of benzene rings is 2. The minimum absolute atomic E-state index is 0.0229. The van der Waals surface area contributed by atoms with Gasteiger partial charge in [0.25, 0.3) is 5.69 Å². The van der Waals surface area contributed by atoms with Gasteiger partial charge >= 0.3 is 0 Å². The molecule has 2 aromatic rings. The molecule has 0 aromatic heterocycles. The van der Waals surface area contributed by atoms with Gasteiger partial charge in [0.2, 0.25) is 5.91 Å². The third kappa shape index (κ3) is 2.94. The summed E-state index contributed by atoms with van der Waals surface area (Å²) in [5.74, 6) is 0.398. The molecule has 1 atom stereocenters. The highest BCUT2D eigenvalue weighted by atomic mass is 32.2. The number of nitro groups is 1. The van der Waals surface area contributed by atoms with E-state index >= 15 is 0 Å². The van der Waals surface area contributed by atoms with Crippen LogP contribution in [-0.2, 0) is 4.79 Å². The smallest absolute Gasteiger partial charge is 0.269 e. The summed E-state index contributed by atoms with van der Waals surface area (Å²) in [4.78, 5) is 24.6. The summed E-state index contributed by atoms with van der Waals surface area (Å²) >= 11 is 1.49. The second-order valence-corrected chi connectivity index (χ2v) is 6.62. The van der Waals surface area contributed by atoms with E-state index in [9.17, 15) is 14.9 Å². The molecule has 0 N–H and O–H groups in total. The Labute approximate surface area is 138 Å². The van der Waals surface area contributed by atoms with Gasteiger partial charge in [-0.3, -0.25) is 19.8 Å². The van der Waals surface area contributed by atoms with Crippen molar-refractivity contribution in [1.29, 1.82) is 0 Å². The molecule has 6 heteroatoms. The Hall–Kier alpha value is -2.34. The quantitative estimate of drug-likeness (QED) is 0.631. The number of carbonyl (C=O) groups is 1. The number of rotatable bonds is 3. The number of carbonyl (C=O) groups excluding carboxylic acids is 1. The highest BCUT2D eigenvalue weighted by Gasteiger charge is 2.34. The summed E-state index contributed by atoms with van der Waals surface area (Å²) in [6, 6.07) is 12.4. The maximum atomic E-state index is 12.3. The second-order valence-electron chi connectivity index (χ2n) is 5.55. The van der Waals surface area contributed by atoms with E-state index in [1.807, 2.05) is 38.1 Å². The van der Waals surface area contributed by atoms with Crippen LogP contribution in [0.15, 0.2) is 42.5 Å². The molecule has 23 heavy (non-hydrogen) atoms. The Morgan fingerprint density at radius 1 is 1.17 bits per heavy atom. The molecule has 1 aliphatic heterocycles. The number of nitrogens with zero attached hydrogens (tertiary/aromatic N) is 2. The van der Waals surface area contributed by atoms with Crippen molar-refractivity contribution in [3.63, 3.8) is 0 Å². The Bertz CT molecular complexity index is 791. The maximum absolute atomic E-state index is 12.3. The SMILES string of the molecule is Cc1ccc(N2C(=O)CS[C@@H]2c2cccc([N+](=O)[O-])c2)cc1C. The average molecular weight is 328 g/mol. The van der Waals surface area contributed by atoms with Crippen LogP contribution in [0.3, 0.4) is 0 Å². The average Bonchev–Trinajstić information content (AvgIpc) is 2.92. The molecule has 1 fully saturated rings. The largest absolute Gasteiger partial charge is 0.295 e. The van der Waals surface area contributed by atoms with Gasteiger partial charge in [-0.25, -0.2) is 0 Å². The van der Waals surface area contributed by atoms with Gasteiger partial charge in [-0.15, -0.1) is 11.8 Å². The van der Waals surface area contributed by atoms with Crippen LogP contribution in [0.1, 0.15) is 22.1 Å². The predicted octanol–water partition coefficient (Wildman–Crippen LogP) is 3.99. The number of amides is 1. The molecule has 0 radical (unpaired) electrons. The van der Waals surface area contributed by atoms with Crippen LogP contribution in [0.5, 0.6) is 0 Å². The standard InChI is InChI=1S/C17H16N2O3S/c1-11-6-7-14(8-12(11)2)18-16(20)10-23-17(18)13-4-3-5-15(9-13)19(21)22/h3-9,17H,10H2,1-2H3/t17-/m1/s1. The molecular weight excluding hydrogens is 312 g/mol. The van der Waals surface area contributed by atoms with E-state index in [4.69, 9.17) is 0 Å². The van der Waals surface area contributed by atoms with Gasteiger partial charge < -0.3 is 0 Å². The first kappa shape index (κ1) is 15.6. The third-order valence-electron chi connectivity index (χ3n) is 4.00. The fourth-order valence-corrected chi connectivity index (χ4v) is 3.78. The van der Waals surface area contributed by atoms with Crippen molar-refractivity contribution >= 4 is 29.0 Å². The van der Waals surface area contributed by atoms with Gasteiger partial charge in [0, 0.05) is 17.8 Å².